The van der Waals surface area contributed by atoms with Crippen molar-refractivity contribution < 1.29 is 23.5 Å². The number of rotatable bonds is 7. The molecule has 0 saturated heterocycles. The smallest absolute Gasteiger partial charge is 0.340 e. The van der Waals surface area contributed by atoms with Crippen molar-refractivity contribution in [1.82, 2.24) is 10.3 Å². The number of carbonyl (C=O) groups is 2. The molecule has 2 heterocycles. The number of hydrogen-bond acceptors (Lipinski definition) is 6. The molecule has 0 spiro atoms. The first-order valence-electron chi connectivity index (χ1n) is 10.5. The largest absolute Gasteiger partial charge is 0.497 e. The van der Waals surface area contributed by atoms with E-state index < -0.39 is 11.6 Å². The number of fused-ring (bicyclic) bond motifs is 2. The van der Waals surface area contributed by atoms with Crippen LogP contribution in [0.3, 0.4) is 0 Å². The molecule has 0 aliphatic rings. The van der Waals surface area contributed by atoms with E-state index in [0.29, 0.717) is 35.1 Å². The number of carbonyl (C=O) groups excluding carboxylic acids is 2. The molecule has 4 rings (SSSR count). The predicted molar refractivity (Wildman–Crippen MR) is 124 cm³/mol. The van der Waals surface area contributed by atoms with Gasteiger partial charge in [-0.3, -0.25) is 9.59 Å². The molecular weight excluding hydrogens is 424 g/mol. The maximum absolute atomic E-state index is 12.5. The van der Waals surface area contributed by atoms with Crippen LogP contribution < -0.4 is 20.4 Å². The molecule has 0 aliphatic heterocycles. The zero-order valence-electron chi connectivity index (χ0n) is 18.6. The van der Waals surface area contributed by atoms with Crippen molar-refractivity contribution in [1.29, 1.82) is 0 Å². The van der Waals surface area contributed by atoms with Gasteiger partial charge in [-0.1, -0.05) is 0 Å². The fourth-order valence-corrected chi connectivity index (χ4v) is 3.86. The summed E-state index contributed by atoms with van der Waals surface area (Å²) in [6.07, 6.45) is 2.46. The van der Waals surface area contributed by atoms with Gasteiger partial charge < -0.3 is 24.2 Å². The zero-order chi connectivity index (χ0) is 23.5. The lowest BCUT2D eigenvalue weighted by Crippen LogP contribution is -2.29. The van der Waals surface area contributed by atoms with Gasteiger partial charge in [0, 0.05) is 42.0 Å². The quantitative estimate of drug-likeness (QED) is 0.255. The minimum atomic E-state index is -0.584. The second-order valence-electron chi connectivity index (χ2n) is 7.75. The summed E-state index contributed by atoms with van der Waals surface area (Å²) in [4.78, 5) is 39.4. The molecule has 0 fully saturated rings. The summed E-state index contributed by atoms with van der Waals surface area (Å²) in [6.45, 7) is 3.49. The maximum Gasteiger partial charge on any atom is 0.340 e. The van der Waals surface area contributed by atoms with Gasteiger partial charge in [-0.25, -0.2) is 4.79 Å². The van der Waals surface area contributed by atoms with E-state index in [1.54, 1.807) is 26.2 Å². The van der Waals surface area contributed by atoms with Crippen LogP contribution in [0, 0.1) is 6.92 Å². The number of hydrogen-bond donors (Lipinski definition) is 2. The van der Waals surface area contributed by atoms with Crippen molar-refractivity contribution in [2.24, 2.45) is 0 Å². The molecule has 0 unspecified atom stereocenters. The predicted octanol–water partition coefficient (Wildman–Crippen LogP) is 3.42. The normalized spacial score (nSPS) is 11.0. The number of amides is 1. The van der Waals surface area contributed by atoms with Crippen molar-refractivity contribution in [2.75, 3.05) is 13.7 Å². The summed E-state index contributed by atoms with van der Waals surface area (Å²) in [5, 5.41) is 4.60. The molecule has 2 N–H and O–H groups in total. The Labute approximate surface area is 189 Å². The van der Waals surface area contributed by atoms with Gasteiger partial charge in [-0.05, 0) is 54.8 Å². The van der Waals surface area contributed by atoms with E-state index in [4.69, 9.17) is 13.9 Å². The minimum Gasteiger partial charge on any atom is -0.497 e. The monoisotopic (exact) mass is 448 g/mol. The van der Waals surface area contributed by atoms with Crippen molar-refractivity contribution in [3.8, 4) is 11.5 Å². The molecule has 0 aliphatic carbocycles. The van der Waals surface area contributed by atoms with Crippen LogP contribution in [-0.2, 0) is 22.4 Å². The third-order valence-corrected chi connectivity index (χ3v) is 5.55. The zero-order valence-corrected chi connectivity index (χ0v) is 18.6. The highest BCUT2D eigenvalue weighted by Crippen LogP contribution is 2.25. The van der Waals surface area contributed by atoms with Crippen LogP contribution >= 0.6 is 0 Å². The number of aromatic amines is 1. The number of esters is 1. The molecule has 0 bridgehead atoms. The van der Waals surface area contributed by atoms with E-state index in [0.717, 1.165) is 22.2 Å². The number of methoxy groups -OCH3 is 1. The van der Waals surface area contributed by atoms with E-state index in [-0.39, 0.29) is 18.1 Å². The fourth-order valence-electron chi connectivity index (χ4n) is 3.86. The molecule has 1 amide bonds. The molecule has 2 aromatic heterocycles. The van der Waals surface area contributed by atoms with Crippen LogP contribution in [-0.4, -0.2) is 30.5 Å². The van der Waals surface area contributed by atoms with Crippen LogP contribution in [0.15, 0.2) is 51.8 Å². The average Bonchev–Trinajstić information content (AvgIpc) is 3.18. The first-order valence-corrected chi connectivity index (χ1v) is 10.5. The Bertz CT molecular complexity index is 1420. The van der Waals surface area contributed by atoms with Crippen LogP contribution in [0.2, 0.25) is 0 Å². The average molecular weight is 448 g/mol. The van der Waals surface area contributed by atoms with Crippen molar-refractivity contribution in [2.45, 2.75) is 26.7 Å². The van der Waals surface area contributed by atoms with Gasteiger partial charge in [0.1, 0.15) is 17.1 Å². The van der Waals surface area contributed by atoms with Gasteiger partial charge in [-0.15, -0.1) is 0 Å². The van der Waals surface area contributed by atoms with Crippen molar-refractivity contribution in [3.05, 3.63) is 69.7 Å². The molecule has 8 heteroatoms. The van der Waals surface area contributed by atoms with Crippen LogP contribution in [0.5, 0.6) is 11.5 Å². The number of aromatic nitrogens is 1. The van der Waals surface area contributed by atoms with Crippen molar-refractivity contribution >= 4 is 33.7 Å². The highest BCUT2D eigenvalue weighted by atomic mass is 16.5. The van der Waals surface area contributed by atoms with Crippen LogP contribution in [0.1, 0.15) is 23.6 Å². The Morgan fingerprint density at radius 2 is 1.88 bits per heavy atom. The molecule has 170 valence electrons. The lowest BCUT2D eigenvalue weighted by molar-refractivity contribution is -0.131. The maximum atomic E-state index is 12.5. The summed E-state index contributed by atoms with van der Waals surface area (Å²) in [5.41, 5.74) is 2.74. The van der Waals surface area contributed by atoms with Crippen LogP contribution in [0.4, 0.5) is 0 Å². The van der Waals surface area contributed by atoms with E-state index in [9.17, 15) is 14.4 Å². The standard InChI is InChI=1S/C25H24N2O6/c1-14-19-6-4-18(32-15(2)28)11-23(19)33-25(30)20(14)12-24(29)26-9-8-16-13-27-22-7-5-17(31-3)10-21(16)22/h4-7,10-11,13,27H,8-9,12H2,1-3H3,(H,26,29). The Balaban J connectivity index is 1.44. The molecular formula is C25H24N2O6. The van der Waals surface area contributed by atoms with Gasteiger partial charge in [0.05, 0.1) is 19.1 Å². The molecule has 2 aromatic carbocycles. The first-order chi connectivity index (χ1) is 15.9. The summed E-state index contributed by atoms with van der Waals surface area (Å²) in [6, 6.07) is 10.6. The van der Waals surface area contributed by atoms with Gasteiger partial charge in [0.25, 0.3) is 0 Å². The molecule has 0 radical (unpaired) electrons. The Morgan fingerprint density at radius 3 is 2.64 bits per heavy atom. The van der Waals surface area contributed by atoms with E-state index in [1.807, 2.05) is 24.4 Å². The molecule has 33 heavy (non-hydrogen) atoms. The summed E-state index contributed by atoms with van der Waals surface area (Å²) < 4.78 is 15.7. The van der Waals surface area contributed by atoms with Crippen molar-refractivity contribution in [3.63, 3.8) is 0 Å². The number of H-pyrrole nitrogens is 1. The lowest BCUT2D eigenvalue weighted by Gasteiger charge is -2.10. The van der Waals surface area contributed by atoms with E-state index >= 15 is 0 Å². The number of benzene rings is 2. The second kappa shape index (κ2) is 9.20. The Morgan fingerprint density at radius 1 is 1.09 bits per heavy atom. The van der Waals surface area contributed by atoms with E-state index in [2.05, 4.69) is 10.3 Å². The number of aryl methyl sites for hydroxylation is 1. The van der Waals surface area contributed by atoms with Gasteiger partial charge in [-0.2, -0.15) is 0 Å². The topological polar surface area (TPSA) is 111 Å². The Kier molecular flexibility index (Phi) is 6.17. The van der Waals surface area contributed by atoms with Crippen LogP contribution in [0.25, 0.3) is 21.9 Å². The first kappa shape index (κ1) is 22.1. The van der Waals surface area contributed by atoms with E-state index in [1.165, 1.54) is 13.0 Å². The van der Waals surface area contributed by atoms with Gasteiger partial charge in [0.2, 0.25) is 5.91 Å². The highest BCUT2D eigenvalue weighted by Gasteiger charge is 2.16. The fraction of sp³-hybridized carbons (Fsp3) is 0.240. The molecule has 4 aromatic rings. The molecule has 0 saturated carbocycles. The third-order valence-electron chi connectivity index (χ3n) is 5.55. The molecule has 8 nitrogen and oxygen atoms in total. The lowest BCUT2D eigenvalue weighted by atomic mass is 10.0. The second-order valence-corrected chi connectivity index (χ2v) is 7.75. The number of nitrogens with one attached hydrogen (secondary N) is 2. The Hall–Kier alpha value is -4.07. The van der Waals surface area contributed by atoms with Gasteiger partial charge >= 0.3 is 11.6 Å². The summed E-state index contributed by atoms with van der Waals surface area (Å²) >= 11 is 0. The van der Waals surface area contributed by atoms with Gasteiger partial charge in [0.15, 0.2) is 0 Å². The molecule has 0 atom stereocenters. The number of ether oxygens (including phenoxy) is 2. The third kappa shape index (κ3) is 4.74. The SMILES string of the molecule is COc1ccc2[nH]cc(CCNC(=O)Cc3c(C)c4ccc(OC(C)=O)cc4oc3=O)c2c1. The summed E-state index contributed by atoms with van der Waals surface area (Å²) in [5.74, 6) is 0.330. The summed E-state index contributed by atoms with van der Waals surface area (Å²) in [7, 11) is 1.62. The minimum absolute atomic E-state index is 0.0858. The highest BCUT2D eigenvalue weighted by molar-refractivity contribution is 5.86.